The molecule has 0 unspecified atom stereocenters. The third kappa shape index (κ3) is 4.18. The van der Waals surface area contributed by atoms with Crippen LogP contribution < -0.4 is 4.74 Å². The molecule has 1 aromatic rings. The fourth-order valence-electron chi connectivity index (χ4n) is 3.64. The lowest BCUT2D eigenvalue weighted by molar-refractivity contribution is 0.161. The standard InChI is InChI=1S/C18H25N3O5S/c1-26-16-8-6-14(7-9-16)15-5-3-4-10-19(13-15)17(22)20-11-12-21(18(20)23)27(2,24)25/h6-9,15H,3-5,10-13H2,1-2H3/t15-/m1/s1. The first-order chi connectivity index (χ1) is 12.8. The summed E-state index contributed by atoms with van der Waals surface area (Å²) in [6.07, 6.45) is 3.78. The Balaban J connectivity index is 1.73. The average molecular weight is 395 g/mol. The molecule has 2 aliphatic heterocycles. The number of carbonyl (C=O) groups is 2. The van der Waals surface area contributed by atoms with Gasteiger partial charge in [-0.3, -0.25) is 0 Å². The molecule has 27 heavy (non-hydrogen) atoms. The predicted molar refractivity (Wildman–Crippen MR) is 100 cm³/mol. The van der Waals surface area contributed by atoms with E-state index in [2.05, 4.69) is 0 Å². The second-order valence-corrected chi connectivity index (χ2v) is 8.87. The molecule has 0 N–H and O–H groups in total. The number of urea groups is 2. The molecule has 8 nitrogen and oxygen atoms in total. The zero-order valence-corrected chi connectivity index (χ0v) is 16.4. The van der Waals surface area contributed by atoms with E-state index in [1.807, 2.05) is 24.3 Å². The molecule has 0 spiro atoms. The quantitative estimate of drug-likeness (QED) is 0.782. The summed E-state index contributed by atoms with van der Waals surface area (Å²) >= 11 is 0. The Morgan fingerprint density at radius 2 is 1.81 bits per heavy atom. The molecule has 0 radical (unpaired) electrons. The Morgan fingerprint density at radius 1 is 1.11 bits per heavy atom. The first-order valence-electron chi connectivity index (χ1n) is 9.03. The zero-order chi connectivity index (χ0) is 19.6. The predicted octanol–water partition coefficient (Wildman–Crippen LogP) is 2.08. The van der Waals surface area contributed by atoms with E-state index in [1.165, 1.54) is 0 Å². The molecule has 0 aromatic heterocycles. The van der Waals surface area contributed by atoms with Gasteiger partial charge in [0.1, 0.15) is 5.75 Å². The van der Waals surface area contributed by atoms with E-state index in [0.29, 0.717) is 13.1 Å². The van der Waals surface area contributed by atoms with Crippen LogP contribution in [0, 0.1) is 0 Å². The van der Waals surface area contributed by atoms with E-state index in [4.69, 9.17) is 4.74 Å². The van der Waals surface area contributed by atoms with Crippen LogP contribution in [0.1, 0.15) is 30.7 Å². The third-order valence-electron chi connectivity index (χ3n) is 5.13. The van der Waals surface area contributed by atoms with Crippen LogP contribution in [-0.2, 0) is 10.0 Å². The van der Waals surface area contributed by atoms with Gasteiger partial charge in [0, 0.05) is 19.0 Å². The summed E-state index contributed by atoms with van der Waals surface area (Å²) in [6, 6.07) is 6.65. The molecule has 2 heterocycles. The Kier molecular flexibility index (Phi) is 5.59. The number of nitrogens with zero attached hydrogens (tertiary/aromatic N) is 3. The molecule has 2 fully saturated rings. The number of benzene rings is 1. The molecule has 148 valence electrons. The number of rotatable bonds is 3. The number of sulfonamides is 1. The molecule has 3 rings (SSSR count). The van der Waals surface area contributed by atoms with Crippen molar-refractivity contribution in [2.24, 2.45) is 0 Å². The number of hydrogen-bond acceptors (Lipinski definition) is 5. The SMILES string of the molecule is COc1ccc([C@@H]2CCCCN(C(=O)N3CCN(S(C)(=O)=O)C3=O)C2)cc1. The van der Waals surface area contributed by atoms with Crippen molar-refractivity contribution in [1.82, 2.24) is 14.1 Å². The summed E-state index contributed by atoms with van der Waals surface area (Å²) in [7, 11) is -2.04. The summed E-state index contributed by atoms with van der Waals surface area (Å²) < 4.78 is 29.3. The van der Waals surface area contributed by atoms with Crippen molar-refractivity contribution in [2.75, 3.05) is 39.5 Å². The van der Waals surface area contributed by atoms with Gasteiger partial charge in [-0.1, -0.05) is 18.6 Å². The highest BCUT2D eigenvalue weighted by molar-refractivity contribution is 7.88. The minimum Gasteiger partial charge on any atom is -0.497 e. The van der Waals surface area contributed by atoms with Crippen molar-refractivity contribution in [3.8, 4) is 5.75 Å². The smallest absolute Gasteiger partial charge is 0.341 e. The van der Waals surface area contributed by atoms with E-state index >= 15 is 0 Å². The number of hydrogen-bond donors (Lipinski definition) is 0. The van der Waals surface area contributed by atoms with Crippen molar-refractivity contribution in [1.29, 1.82) is 0 Å². The molecule has 0 aliphatic carbocycles. The highest BCUT2D eigenvalue weighted by Crippen LogP contribution is 2.29. The molecule has 1 atom stereocenters. The molecule has 0 saturated carbocycles. The lowest BCUT2D eigenvalue weighted by Gasteiger charge is -2.28. The molecule has 9 heteroatoms. The molecule has 0 bridgehead atoms. The fourth-order valence-corrected chi connectivity index (χ4v) is 4.43. The first kappa shape index (κ1) is 19.5. The lowest BCUT2D eigenvalue weighted by Crippen LogP contribution is -2.47. The second-order valence-electron chi connectivity index (χ2n) is 6.96. The number of imide groups is 1. The molecular weight excluding hydrogens is 370 g/mol. The minimum atomic E-state index is -3.66. The first-order valence-corrected chi connectivity index (χ1v) is 10.9. The summed E-state index contributed by atoms with van der Waals surface area (Å²) in [5, 5.41) is 0. The van der Waals surface area contributed by atoms with Crippen molar-refractivity contribution < 1.29 is 22.7 Å². The fraction of sp³-hybridized carbons (Fsp3) is 0.556. The van der Waals surface area contributed by atoms with Crippen LogP contribution in [-0.4, -0.2) is 74.1 Å². The van der Waals surface area contributed by atoms with Gasteiger partial charge in [-0.15, -0.1) is 0 Å². The largest absolute Gasteiger partial charge is 0.497 e. The highest BCUT2D eigenvalue weighted by atomic mass is 32.2. The van der Waals surface area contributed by atoms with Crippen molar-refractivity contribution >= 4 is 22.1 Å². The van der Waals surface area contributed by atoms with Crippen LogP contribution in [0.2, 0.25) is 0 Å². The van der Waals surface area contributed by atoms with Crippen LogP contribution in [0.5, 0.6) is 5.75 Å². The maximum absolute atomic E-state index is 12.9. The van der Waals surface area contributed by atoms with Crippen LogP contribution >= 0.6 is 0 Å². The van der Waals surface area contributed by atoms with E-state index in [-0.39, 0.29) is 19.0 Å². The van der Waals surface area contributed by atoms with Crippen LogP contribution in [0.4, 0.5) is 9.59 Å². The van der Waals surface area contributed by atoms with E-state index < -0.39 is 22.1 Å². The van der Waals surface area contributed by atoms with E-state index in [9.17, 15) is 18.0 Å². The van der Waals surface area contributed by atoms with Crippen LogP contribution in [0.25, 0.3) is 0 Å². The van der Waals surface area contributed by atoms with E-state index in [1.54, 1.807) is 12.0 Å². The number of ether oxygens (including phenoxy) is 1. The van der Waals surface area contributed by atoms with Gasteiger partial charge in [-0.25, -0.2) is 27.2 Å². The summed E-state index contributed by atoms with van der Waals surface area (Å²) in [6.45, 7) is 1.18. The average Bonchev–Trinajstić information content (AvgIpc) is 2.88. The molecular formula is C18H25N3O5S. The molecule has 2 aliphatic rings. The number of methoxy groups -OCH3 is 1. The Bertz CT molecular complexity index is 809. The summed E-state index contributed by atoms with van der Waals surface area (Å²) in [4.78, 5) is 28.0. The number of likely N-dealkylation sites (tertiary alicyclic amines) is 1. The van der Waals surface area contributed by atoms with Crippen molar-refractivity contribution in [3.63, 3.8) is 0 Å². The van der Waals surface area contributed by atoms with Crippen LogP contribution in [0.15, 0.2) is 24.3 Å². The second kappa shape index (κ2) is 7.75. The van der Waals surface area contributed by atoms with Gasteiger partial charge in [-0.05, 0) is 30.5 Å². The molecule has 4 amide bonds. The maximum atomic E-state index is 12.9. The van der Waals surface area contributed by atoms with Crippen LogP contribution in [0.3, 0.4) is 0 Å². The van der Waals surface area contributed by atoms with Gasteiger partial charge >= 0.3 is 12.1 Å². The summed E-state index contributed by atoms with van der Waals surface area (Å²) in [5.74, 6) is 0.954. The zero-order valence-electron chi connectivity index (χ0n) is 15.6. The number of amides is 4. The normalized spacial score (nSPS) is 21.3. The van der Waals surface area contributed by atoms with Gasteiger partial charge in [-0.2, -0.15) is 0 Å². The lowest BCUT2D eigenvalue weighted by atomic mass is 9.94. The van der Waals surface area contributed by atoms with Crippen molar-refractivity contribution in [2.45, 2.75) is 25.2 Å². The van der Waals surface area contributed by atoms with Gasteiger partial charge < -0.3 is 9.64 Å². The maximum Gasteiger partial charge on any atom is 0.341 e. The third-order valence-corrected chi connectivity index (χ3v) is 6.27. The molecule has 2 saturated heterocycles. The van der Waals surface area contributed by atoms with Gasteiger partial charge in [0.2, 0.25) is 10.0 Å². The Labute approximate surface area is 159 Å². The molecule has 1 aromatic carbocycles. The summed E-state index contributed by atoms with van der Waals surface area (Å²) in [5.41, 5.74) is 1.13. The minimum absolute atomic E-state index is 0.0131. The van der Waals surface area contributed by atoms with Gasteiger partial charge in [0.15, 0.2) is 0 Å². The number of carbonyl (C=O) groups excluding carboxylic acids is 2. The van der Waals surface area contributed by atoms with E-state index in [0.717, 1.165) is 46.0 Å². The highest BCUT2D eigenvalue weighted by Gasteiger charge is 2.40. The van der Waals surface area contributed by atoms with Gasteiger partial charge in [0.05, 0.1) is 26.5 Å². The monoisotopic (exact) mass is 395 g/mol. The topological polar surface area (TPSA) is 87.2 Å². The Hall–Kier alpha value is -2.29. The van der Waals surface area contributed by atoms with Gasteiger partial charge in [0.25, 0.3) is 0 Å². The Morgan fingerprint density at radius 3 is 2.41 bits per heavy atom. The van der Waals surface area contributed by atoms with Crippen molar-refractivity contribution in [3.05, 3.63) is 29.8 Å².